The summed E-state index contributed by atoms with van der Waals surface area (Å²) in [7, 11) is 0. The lowest BCUT2D eigenvalue weighted by Gasteiger charge is -2.28. The predicted octanol–water partition coefficient (Wildman–Crippen LogP) is 5.57. The molecule has 0 nitrogen and oxygen atoms in total. The van der Waals surface area contributed by atoms with E-state index in [2.05, 4.69) is 78.4 Å². The van der Waals surface area contributed by atoms with Gasteiger partial charge in [-0.2, -0.15) is 0 Å². The van der Waals surface area contributed by atoms with Gasteiger partial charge in [-0.25, -0.2) is 0 Å². The van der Waals surface area contributed by atoms with Gasteiger partial charge in [-0.3, -0.25) is 0 Å². The Hall–Kier alpha value is -1.34. The van der Waals surface area contributed by atoms with Crippen LogP contribution in [0.4, 0.5) is 0 Å². The van der Waals surface area contributed by atoms with Crippen molar-refractivity contribution < 1.29 is 0 Å². The molecule has 0 heterocycles. The molecule has 20 heavy (non-hydrogen) atoms. The van der Waals surface area contributed by atoms with Crippen molar-refractivity contribution in [2.24, 2.45) is 5.92 Å². The molecule has 1 aromatic carbocycles. The molecule has 4 rings (SSSR count). The third-order valence-corrected chi connectivity index (χ3v) is 5.38. The van der Waals surface area contributed by atoms with Crippen molar-refractivity contribution in [3.63, 3.8) is 0 Å². The molecule has 0 amide bonds. The normalized spacial score (nSPS) is 25.1. The summed E-state index contributed by atoms with van der Waals surface area (Å²) < 4.78 is 1.18. The molecule has 0 radical (unpaired) electrons. The van der Waals surface area contributed by atoms with Gasteiger partial charge >= 0.3 is 0 Å². The molecule has 1 unspecified atom stereocenters. The van der Waals surface area contributed by atoms with Crippen molar-refractivity contribution in [3.05, 3.63) is 75.3 Å². The molecule has 3 aliphatic carbocycles. The maximum absolute atomic E-state index is 3.62. The highest BCUT2D eigenvalue weighted by Crippen LogP contribution is 2.53. The second-order valence-electron chi connectivity index (χ2n) is 6.41. The van der Waals surface area contributed by atoms with Gasteiger partial charge in [0.05, 0.1) is 0 Å². The minimum absolute atomic E-state index is 0.113. The molecule has 0 fully saturated rings. The number of allylic oxidation sites excluding steroid dienone is 8. The lowest BCUT2D eigenvalue weighted by Crippen LogP contribution is -2.18. The first-order valence-electron chi connectivity index (χ1n) is 7.18. The van der Waals surface area contributed by atoms with Gasteiger partial charge in [-0.05, 0) is 46.4 Å². The third-order valence-electron chi connectivity index (χ3n) is 4.88. The van der Waals surface area contributed by atoms with E-state index in [9.17, 15) is 0 Å². The van der Waals surface area contributed by atoms with Crippen LogP contribution < -0.4 is 0 Å². The van der Waals surface area contributed by atoms with Crippen LogP contribution in [0, 0.1) is 5.92 Å². The summed E-state index contributed by atoms with van der Waals surface area (Å²) in [6, 6.07) is 6.74. The van der Waals surface area contributed by atoms with Crippen LogP contribution in [0.15, 0.2) is 64.2 Å². The van der Waals surface area contributed by atoms with Crippen molar-refractivity contribution in [3.8, 4) is 0 Å². The first-order chi connectivity index (χ1) is 9.57. The van der Waals surface area contributed by atoms with Gasteiger partial charge in [0.2, 0.25) is 0 Å². The maximum atomic E-state index is 3.62. The Morgan fingerprint density at radius 1 is 1.20 bits per heavy atom. The number of hydrogen-bond donors (Lipinski definition) is 0. The Morgan fingerprint density at radius 2 is 2.05 bits per heavy atom. The SMILES string of the molecule is CC1(C)C2=C(CC3C=CC=CC3=C2)c2ccc(Br)cc21. The Balaban J connectivity index is 1.93. The fourth-order valence-corrected chi connectivity index (χ4v) is 4.14. The molecule has 1 heteroatoms. The van der Waals surface area contributed by atoms with E-state index in [-0.39, 0.29) is 5.41 Å². The van der Waals surface area contributed by atoms with E-state index < -0.39 is 0 Å². The van der Waals surface area contributed by atoms with Crippen LogP contribution in [0.5, 0.6) is 0 Å². The predicted molar refractivity (Wildman–Crippen MR) is 88.6 cm³/mol. The monoisotopic (exact) mass is 324 g/mol. The average molecular weight is 325 g/mol. The minimum Gasteiger partial charge on any atom is -0.0767 e. The highest BCUT2D eigenvalue weighted by molar-refractivity contribution is 9.10. The fourth-order valence-electron chi connectivity index (χ4n) is 3.78. The van der Waals surface area contributed by atoms with E-state index in [0.29, 0.717) is 5.92 Å². The molecular formula is C19H17Br. The van der Waals surface area contributed by atoms with Crippen molar-refractivity contribution in [2.45, 2.75) is 25.7 Å². The Labute approximate surface area is 128 Å². The van der Waals surface area contributed by atoms with Gasteiger partial charge in [0.15, 0.2) is 0 Å². The molecule has 0 N–H and O–H groups in total. The molecule has 0 aliphatic heterocycles. The molecular weight excluding hydrogens is 308 g/mol. The van der Waals surface area contributed by atoms with Gasteiger partial charge < -0.3 is 0 Å². The Bertz CT molecular complexity index is 726. The van der Waals surface area contributed by atoms with Crippen LogP contribution in [0.25, 0.3) is 5.57 Å². The van der Waals surface area contributed by atoms with Crippen LogP contribution >= 0.6 is 15.9 Å². The molecule has 3 aliphatic rings. The molecule has 1 aromatic rings. The summed E-state index contributed by atoms with van der Waals surface area (Å²) in [5.41, 5.74) is 7.54. The van der Waals surface area contributed by atoms with Gasteiger partial charge in [0, 0.05) is 15.8 Å². The first kappa shape index (κ1) is 12.4. The third kappa shape index (κ3) is 1.59. The average Bonchev–Trinajstić information content (AvgIpc) is 2.65. The zero-order valence-corrected chi connectivity index (χ0v) is 13.4. The van der Waals surface area contributed by atoms with Crippen LogP contribution in [0.1, 0.15) is 31.4 Å². The van der Waals surface area contributed by atoms with Crippen molar-refractivity contribution in [1.29, 1.82) is 0 Å². The number of hydrogen-bond acceptors (Lipinski definition) is 0. The maximum Gasteiger partial charge on any atom is 0.0178 e. The summed E-state index contributed by atoms with van der Waals surface area (Å²) in [5.74, 6) is 0.559. The lowest BCUT2D eigenvalue weighted by molar-refractivity contribution is 0.644. The van der Waals surface area contributed by atoms with E-state index in [4.69, 9.17) is 0 Å². The zero-order valence-electron chi connectivity index (χ0n) is 11.8. The smallest absolute Gasteiger partial charge is 0.0178 e. The molecule has 1 atom stereocenters. The summed E-state index contributed by atoms with van der Waals surface area (Å²) in [6.07, 6.45) is 12.5. The minimum atomic E-state index is 0.113. The molecule has 100 valence electrons. The number of halogens is 1. The summed E-state index contributed by atoms with van der Waals surface area (Å²) >= 11 is 3.62. The number of fused-ring (bicyclic) bond motifs is 3. The van der Waals surface area contributed by atoms with Crippen molar-refractivity contribution in [2.75, 3.05) is 0 Å². The molecule has 0 aromatic heterocycles. The first-order valence-corrected chi connectivity index (χ1v) is 7.97. The van der Waals surface area contributed by atoms with Crippen LogP contribution in [-0.4, -0.2) is 0 Å². The summed E-state index contributed by atoms with van der Waals surface area (Å²) in [5, 5.41) is 0. The lowest BCUT2D eigenvalue weighted by atomic mass is 9.75. The standard InChI is InChI=1S/C19H17Br/c1-19(2)17-10-13-6-4-3-5-12(13)9-16(17)15-8-7-14(20)11-18(15)19/h3-8,10-12H,9H2,1-2H3. The Morgan fingerprint density at radius 3 is 2.90 bits per heavy atom. The second-order valence-corrected chi connectivity index (χ2v) is 7.32. The molecule has 0 spiro atoms. The van der Waals surface area contributed by atoms with E-state index in [0.717, 1.165) is 6.42 Å². The highest BCUT2D eigenvalue weighted by Gasteiger charge is 2.39. The van der Waals surface area contributed by atoms with Gasteiger partial charge in [0.25, 0.3) is 0 Å². The van der Waals surface area contributed by atoms with Crippen LogP contribution in [0.3, 0.4) is 0 Å². The number of benzene rings is 1. The van der Waals surface area contributed by atoms with Gasteiger partial charge in [-0.15, -0.1) is 0 Å². The highest BCUT2D eigenvalue weighted by atomic mass is 79.9. The van der Waals surface area contributed by atoms with Crippen LogP contribution in [-0.2, 0) is 5.41 Å². The summed E-state index contributed by atoms with van der Waals surface area (Å²) in [6.45, 7) is 4.70. The van der Waals surface area contributed by atoms with Crippen LogP contribution in [0.2, 0.25) is 0 Å². The van der Waals surface area contributed by atoms with E-state index in [1.807, 2.05) is 0 Å². The molecule has 0 bridgehead atoms. The fraction of sp³-hybridized carbons (Fsp3) is 0.263. The van der Waals surface area contributed by atoms with Gasteiger partial charge in [0.1, 0.15) is 0 Å². The number of rotatable bonds is 0. The van der Waals surface area contributed by atoms with Gasteiger partial charge in [-0.1, -0.05) is 66.2 Å². The Kier molecular flexibility index (Phi) is 2.53. The molecule has 0 saturated carbocycles. The zero-order chi connectivity index (χ0) is 13.9. The van der Waals surface area contributed by atoms with E-state index in [1.165, 1.54) is 26.7 Å². The quantitative estimate of drug-likeness (QED) is 0.585. The van der Waals surface area contributed by atoms with Crippen molar-refractivity contribution in [1.82, 2.24) is 0 Å². The van der Waals surface area contributed by atoms with E-state index >= 15 is 0 Å². The topological polar surface area (TPSA) is 0 Å². The molecule has 0 saturated heterocycles. The second kappa shape index (κ2) is 4.08. The summed E-state index contributed by atoms with van der Waals surface area (Å²) in [4.78, 5) is 0. The van der Waals surface area contributed by atoms with Crippen molar-refractivity contribution >= 4 is 21.5 Å². The largest absolute Gasteiger partial charge is 0.0767 e. The van der Waals surface area contributed by atoms with E-state index in [1.54, 1.807) is 5.57 Å².